The Kier molecular flexibility index (Phi) is 7.73. The highest BCUT2D eigenvalue weighted by atomic mass is 16.5. The summed E-state index contributed by atoms with van der Waals surface area (Å²) in [5, 5.41) is 6.57. The fourth-order valence-electron chi connectivity index (χ4n) is 2.58. The van der Waals surface area contributed by atoms with E-state index >= 15 is 0 Å². The lowest BCUT2D eigenvalue weighted by molar-refractivity contribution is 0.311. The number of benzene rings is 1. The van der Waals surface area contributed by atoms with Gasteiger partial charge in [0.2, 0.25) is 0 Å². The van der Waals surface area contributed by atoms with Crippen LogP contribution in [0.25, 0.3) is 0 Å². The van der Waals surface area contributed by atoms with Gasteiger partial charge >= 0.3 is 0 Å². The molecule has 0 aliphatic carbocycles. The molecule has 7 nitrogen and oxygen atoms in total. The van der Waals surface area contributed by atoms with Crippen LogP contribution in [-0.2, 0) is 6.54 Å². The molecule has 146 valence electrons. The van der Waals surface area contributed by atoms with E-state index in [9.17, 15) is 0 Å². The molecule has 0 saturated carbocycles. The first-order valence-corrected chi connectivity index (χ1v) is 9.06. The molecule has 1 aromatic heterocycles. The zero-order valence-electron chi connectivity index (χ0n) is 16.7. The lowest BCUT2D eigenvalue weighted by Gasteiger charge is -2.16. The third kappa shape index (κ3) is 5.77. The molecule has 0 spiro atoms. The Bertz CT molecular complexity index is 762. The maximum Gasteiger partial charge on any atom is 0.196 e. The van der Waals surface area contributed by atoms with Crippen molar-refractivity contribution in [3.8, 4) is 11.5 Å². The monoisotopic (exact) mass is 371 g/mol. The van der Waals surface area contributed by atoms with Crippen LogP contribution in [0.1, 0.15) is 19.4 Å². The Labute approximate surface area is 161 Å². The molecule has 2 N–H and O–H groups in total. The predicted molar refractivity (Wildman–Crippen MR) is 111 cm³/mol. The molecule has 0 radical (unpaired) electrons. The van der Waals surface area contributed by atoms with E-state index in [4.69, 9.17) is 14.5 Å². The van der Waals surface area contributed by atoms with Crippen LogP contribution in [-0.4, -0.2) is 45.3 Å². The number of nitrogens with one attached hydrogen (secondary N) is 2. The lowest BCUT2D eigenvalue weighted by atomic mass is 10.2. The van der Waals surface area contributed by atoms with E-state index in [0.29, 0.717) is 24.9 Å². The van der Waals surface area contributed by atoms with Crippen LogP contribution in [0.3, 0.4) is 0 Å². The maximum atomic E-state index is 5.57. The summed E-state index contributed by atoms with van der Waals surface area (Å²) in [5.74, 6) is 3.01. The first-order valence-electron chi connectivity index (χ1n) is 9.06. The SMILES string of the molecule is CCNC(=NCc1cccnc1N(C)C)Nc1ccc(OCC)c(OC)c1. The fraction of sp³-hybridized carbons (Fsp3) is 0.400. The average molecular weight is 371 g/mol. The summed E-state index contributed by atoms with van der Waals surface area (Å²) in [6, 6.07) is 9.69. The minimum Gasteiger partial charge on any atom is -0.493 e. The Morgan fingerprint density at radius 3 is 2.67 bits per heavy atom. The number of aliphatic imine (C=N–C) groups is 1. The van der Waals surface area contributed by atoms with E-state index in [1.807, 2.05) is 63.2 Å². The van der Waals surface area contributed by atoms with Crippen molar-refractivity contribution in [1.29, 1.82) is 0 Å². The summed E-state index contributed by atoms with van der Waals surface area (Å²) in [6.45, 7) is 5.85. The van der Waals surface area contributed by atoms with Crippen LogP contribution in [0.4, 0.5) is 11.5 Å². The average Bonchev–Trinajstić information content (AvgIpc) is 2.67. The number of ether oxygens (including phenoxy) is 2. The second-order valence-electron chi connectivity index (χ2n) is 6.00. The highest BCUT2D eigenvalue weighted by Gasteiger charge is 2.08. The summed E-state index contributed by atoms with van der Waals surface area (Å²) in [5.41, 5.74) is 1.93. The number of pyridine rings is 1. The van der Waals surface area contributed by atoms with Crippen molar-refractivity contribution in [2.75, 3.05) is 44.6 Å². The van der Waals surface area contributed by atoms with E-state index in [0.717, 1.165) is 29.4 Å². The molecule has 0 saturated heterocycles. The van der Waals surface area contributed by atoms with Gasteiger partial charge in [-0.2, -0.15) is 0 Å². The van der Waals surface area contributed by atoms with Crippen molar-refractivity contribution >= 4 is 17.5 Å². The Hall–Kier alpha value is -2.96. The lowest BCUT2D eigenvalue weighted by Crippen LogP contribution is -2.30. The van der Waals surface area contributed by atoms with Crippen molar-refractivity contribution in [2.24, 2.45) is 4.99 Å². The van der Waals surface area contributed by atoms with Crippen molar-refractivity contribution < 1.29 is 9.47 Å². The first kappa shape index (κ1) is 20.4. The van der Waals surface area contributed by atoms with Gasteiger partial charge in [-0.1, -0.05) is 6.07 Å². The van der Waals surface area contributed by atoms with Gasteiger partial charge in [-0.3, -0.25) is 0 Å². The van der Waals surface area contributed by atoms with Crippen LogP contribution < -0.4 is 25.0 Å². The molecular formula is C20H29N5O2. The third-order valence-corrected chi connectivity index (χ3v) is 3.77. The van der Waals surface area contributed by atoms with Crippen molar-refractivity contribution in [3.05, 3.63) is 42.1 Å². The quantitative estimate of drug-likeness (QED) is 0.549. The zero-order valence-corrected chi connectivity index (χ0v) is 16.7. The molecule has 0 fully saturated rings. The van der Waals surface area contributed by atoms with Crippen LogP contribution in [0.5, 0.6) is 11.5 Å². The number of nitrogens with zero attached hydrogens (tertiary/aromatic N) is 3. The van der Waals surface area contributed by atoms with Crippen molar-refractivity contribution in [3.63, 3.8) is 0 Å². The fourth-order valence-corrected chi connectivity index (χ4v) is 2.58. The molecule has 1 heterocycles. The van der Waals surface area contributed by atoms with E-state index in [-0.39, 0.29) is 0 Å². The summed E-state index contributed by atoms with van der Waals surface area (Å²) in [4.78, 5) is 11.1. The highest BCUT2D eigenvalue weighted by Crippen LogP contribution is 2.30. The molecular weight excluding hydrogens is 342 g/mol. The molecule has 0 amide bonds. The minimum absolute atomic E-state index is 0.519. The van der Waals surface area contributed by atoms with Gasteiger partial charge in [0.15, 0.2) is 17.5 Å². The Morgan fingerprint density at radius 2 is 2.00 bits per heavy atom. The van der Waals surface area contributed by atoms with Gasteiger partial charge in [-0.15, -0.1) is 0 Å². The molecule has 27 heavy (non-hydrogen) atoms. The van der Waals surface area contributed by atoms with Crippen molar-refractivity contribution in [2.45, 2.75) is 20.4 Å². The molecule has 0 aliphatic rings. The molecule has 2 aromatic rings. The molecule has 7 heteroatoms. The smallest absolute Gasteiger partial charge is 0.196 e. The van der Waals surface area contributed by atoms with Gasteiger partial charge in [0.25, 0.3) is 0 Å². The standard InChI is InChI=1S/C20H29N5O2/c1-6-21-20(23-14-15-9-8-12-22-19(15)25(3)4)24-16-10-11-17(27-7-2)18(13-16)26-5/h8-13H,6-7,14H2,1-5H3,(H2,21,23,24). The normalized spacial score (nSPS) is 11.1. The van der Waals surface area contributed by atoms with Crippen LogP contribution in [0.2, 0.25) is 0 Å². The van der Waals surface area contributed by atoms with Gasteiger partial charge in [0.05, 0.1) is 20.3 Å². The number of hydrogen-bond donors (Lipinski definition) is 2. The second kappa shape index (κ2) is 10.3. The maximum absolute atomic E-state index is 5.57. The molecule has 0 aliphatic heterocycles. The van der Waals surface area contributed by atoms with Gasteiger partial charge in [0, 0.05) is 44.2 Å². The third-order valence-electron chi connectivity index (χ3n) is 3.77. The number of guanidine groups is 1. The number of anilines is 2. The first-order chi connectivity index (χ1) is 13.1. The number of hydrogen-bond acceptors (Lipinski definition) is 5. The summed E-state index contributed by atoms with van der Waals surface area (Å²) in [6.07, 6.45) is 1.79. The van der Waals surface area contributed by atoms with Crippen LogP contribution in [0.15, 0.2) is 41.5 Å². The number of methoxy groups -OCH3 is 1. The molecule has 1 aromatic carbocycles. The largest absolute Gasteiger partial charge is 0.493 e. The Morgan fingerprint density at radius 1 is 1.19 bits per heavy atom. The second-order valence-corrected chi connectivity index (χ2v) is 6.00. The summed E-state index contributed by atoms with van der Waals surface area (Å²) >= 11 is 0. The predicted octanol–water partition coefficient (Wildman–Crippen LogP) is 3.13. The Balaban J connectivity index is 2.19. The minimum atomic E-state index is 0.519. The van der Waals surface area contributed by atoms with E-state index in [1.54, 1.807) is 13.3 Å². The van der Waals surface area contributed by atoms with Gasteiger partial charge in [-0.25, -0.2) is 9.98 Å². The van der Waals surface area contributed by atoms with E-state index in [1.165, 1.54) is 0 Å². The van der Waals surface area contributed by atoms with Gasteiger partial charge in [0.1, 0.15) is 5.82 Å². The topological polar surface area (TPSA) is 71.0 Å². The summed E-state index contributed by atoms with van der Waals surface area (Å²) in [7, 11) is 5.59. The molecule has 2 rings (SSSR count). The van der Waals surface area contributed by atoms with E-state index < -0.39 is 0 Å². The van der Waals surface area contributed by atoms with Gasteiger partial charge < -0.3 is 25.0 Å². The van der Waals surface area contributed by atoms with Gasteiger partial charge in [-0.05, 0) is 32.0 Å². The number of aromatic nitrogens is 1. The van der Waals surface area contributed by atoms with Crippen molar-refractivity contribution in [1.82, 2.24) is 10.3 Å². The number of rotatable bonds is 8. The zero-order chi connectivity index (χ0) is 19.6. The molecule has 0 atom stereocenters. The molecule has 0 bridgehead atoms. The highest BCUT2D eigenvalue weighted by molar-refractivity contribution is 5.94. The van der Waals surface area contributed by atoms with E-state index in [2.05, 4.69) is 15.6 Å². The molecule has 0 unspecified atom stereocenters. The van der Waals surface area contributed by atoms with Crippen LogP contribution in [0, 0.1) is 0 Å². The summed E-state index contributed by atoms with van der Waals surface area (Å²) < 4.78 is 11.0. The van der Waals surface area contributed by atoms with Crippen LogP contribution >= 0.6 is 0 Å².